The minimum absolute atomic E-state index is 0.237. The number of fused-ring (bicyclic) bond motifs is 3. The molecular weight excluding hydrogens is 615 g/mol. The molecule has 1 aliphatic heterocycles. The fourth-order valence-electron chi connectivity index (χ4n) is 6.95. The number of amidine groups is 2. The minimum atomic E-state index is -0.237. The molecule has 2 heterocycles. The third-order valence-corrected chi connectivity index (χ3v) is 10.6. The number of nitrogens with one attached hydrogen (secondary N) is 1. The van der Waals surface area contributed by atoms with Gasteiger partial charge in [0, 0.05) is 25.7 Å². The Labute approximate surface area is 290 Å². The molecule has 3 nitrogen and oxygen atoms in total. The molecule has 1 N–H and O–H groups in total. The van der Waals surface area contributed by atoms with Gasteiger partial charge in [0.2, 0.25) is 0 Å². The van der Waals surface area contributed by atoms with Gasteiger partial charge < -0.3 is 5.32 Å². The molecule has 1 unspecified atom stereocenters. The smallest absolute Gasteiger partial charge is 0.155 e. The van der Waals surface area contributed by atoms with Crippen LogP contribution < -0.4 is 5.32 Å². The maximum Gasteiger partial charge on any atom is 0.155 e. The first kappa shape index (κ1) is 29.3. The molecule has 234 valence electrons. The van der Waals surface area contributed by atoms with E-state index in [0.29, 0.717) is 0 Å². The van der Waals surface area contributed by atoms with E-state index in [1.807, 2.05) is 11.3 Å². The third-order valence-electron chi connectivity index (χ3n) is 9.49. The zero-order chi connectivity index (χ0) is 32.6. The molecule has 6 aromatic carbocycles. The van der Waals surface area contributed by atoms with Crippen molar-refractivity contribution in [3.63, 3.8) is 0 Å². The van der Waals surface area contributed by atoms with Crippen molar-refractivity contribution >= 4 is 48.8 Å². The summed E-state index contributed by atoms with van der Waals surface area (Å²) in [7, 11) is 0. The van der Waals surface area contributed by atoms with Crippen molar-refractivity contribution in [2.75, 3.05) is 0 Å². The monoisotopic (exact) mass is 647 g/mol. The first-order valence-electron chi connectivity index (χ1n) is 16.8. The summed E-state index contributed by atoms with van der Waals surface area (Å²) in [6.45, 7) is 0. The van der Waals surface area contributed by atoms with Crippen LogP contribution >= 0.6 is 11.3 Å². The number of hydrogen-bond acceptors (Lipinski definition) is 4. The lowest BCUT2D eigenvalue weighted by atomic mass is 9.91. The van der Waals surface area contributed by atoms with E-state index < -0.39 is 0 Å². The molecule has 9 rings (SSSR count). The topological polar surface area (TPSA) is 36.8 Å². The first-order chi connectivity index (χ1) is 24.3. The Balaban J connectivity index is 1.11. The maximum absolute atomic E-state index is 5.25. The average molecular weight is 648 g/mol. The minimum Gasteiger partial charge on any atom is -0.344 e. The molecule has 49 heavy (non-hydrogen) atoms. The van der Waals surface area contributed by atoms with Crippen LogP contribution in [0.25, 0.3) is 48.0 Å². The van der Waals surface area contributed by atoms with E-state index in [1.54, 1.807) is 0 Å². The molecule has 0 spiro atoms. The molecule has 1 aliphatic carbocycles. The van der Waals surface area contributed by atoms with Gasteiger partial charge in [0.15, 0.2) is 5.84 Å². The predicted molar refractivity (Wildman–Crippen MR) is 208 cm³/mol. The average Bonchev–Trinajstić information content (AvgIpc) is 3.57. The molecule has 0 saturated carbocycles. The maximum atomic E-state index is 5.25. The van der Waals surface area contributed by atoms with Crippen molar-refractivity contribution in [3.8, 4) is 22.3 Å². The highest BCUT2D eigenvalue weighted by molar-refractivity contribution is 7.26. The summed E-state index contributed by atoms with van der Waals surface area (Å²) in [5.74, 6) is 1.65. The van der Waals surface area contributed by atoms with Gasteiger partial charge in [0.1, 0.15) is 12.0 Å². The molecule has 0 fully saturated rings. The van der Waals surface area contributed by atoms with Crippen LogP contribution in [0, 0.1) is 0 Å². The zero-order valence-corrected chi connectivity index (χ0v) is 27.7. The van der Waals surface area contributed by atoms with Crippen LogP contribution in [-0.2, 0) is 0 Å². The van der Waals surface area contributed by atoms with Crippen molar-refractivity contribution in [2.24, 2.45) is 9.98 Å². The van der Waals surface area contributed by atoms with E-state index >= 15 is 0 Å². The second kappa shape index (κ2) is 12.6. The molecule has 0 amide bonds. The van der Waals surface area contributed by atoms with Gasteiger partial charge in [0.25, 0.3) is 0 Å². The normalized spacial score (nSPS) is 16.0. The van der Waals surface area contributed by atoms with Crippen molar-refractivity contribution in [2.45, 2.75) is 19.0 Å². The van der Waals surface area contributed by atoms with E-state index in [4.69, 9.17) is 9.98 Å². The van der Waals surface area contributed by atoms with Gasteiger partial charge in [-0.3, -0.25) is 0 Å². The van der Waals surface area contributed by atoms with E-state index in [-0.39, 0.29) is 6.17 Å². The van der Waals surface area contributed by atoms with Gasteiger partial charge in [-0.05, 0) is 75.6 Å². The number of nitrogens with zero attached hydrogens (tertiary/aromatic N) is 2. The van der Waals surface area contributed by atoms with Gasteiger partial charge in [-0.2, -0.15) is 0 Å². The van der Waals surface area contributed by atoms with Gasteiger partial charge in [-0.15, -0.1) is 11.3 Å². The SMILES string of the molecule is C1=C(C2=NC(c3ccccc3)NC(c3cc(-c4ccccc4)c4c(c3)sc3ccccc34)=N2)CCC(c2ccc(-c3ccccc3)cc2)=C1. The van der Waals surface area contributed by atoms with Crippen LogP contribution in [0.15, 0.2) is 179 Å². The van der Waals surface area contributed by atoms with Crippen LogP contribution in [0.1, 0.15) is 35.7 Å². The molecule has 0 saturated heterocycles. The van der Waals surface area contributed by atoms with E-state index in [1.165, 1.54) is 53.6 Å². The standard InChI is InChI=1S/C45H33N3S/c1-4-12-30(13-5-1)31-20-22-32(23-21-31)33-24-26-36(27-25-33)44-46-43(35-16-8-3-9-17-35)47-45(48-44)37-28-39(34-14-6-2-7-15-34)42-38-18-10-11-19-40(38)49-41(42)29-37/h1-24,26,28-29,43H,25,27H2,(H,46,47,48). The van der Waals surface area contributed by atoms with Crippen LogP contribution in [0.3, 0.4) is 0 Å². The molecule has 4 heteroatoms. The Morgan fingerprint density at radius 2 is 1.14 bits per heavy atom. The lowest BCUT2D eigenvalue weighted by Gasteiger charge is -2.25. The van der Waals surface area contributed by atoms with Gasteiger partial charge in [0.05, 0.1) is 0 Å². The Kier molecular flexibility index (Phi) is 7.56. The van der Waals surface area contributed by atoms with E-state index in [2.05, 4.69) is 169 Å². The summed E-state index contributed by atoms with van der Waals surface area (Å²) >= 11 is 1.84. The number of benzene rings is 6. The Morgan fingerprint density at radius 1 is 0.531 bits per heavy atom. The van der Waals surface area contributed by atoms with Gasteiger partial charge >= 0.3 is 0 Å². The lowest BCUT2D eigenvalue weighted by molar-refractivity contribution is 0.673. The van der Waals surface area contributed by atoms with Crippen molar-refractivity contribution in [1.29, 1.82) is 0 Å². The number of thiophene rings is 1. The number of aliphatic imine (C=N–C) groups is 2. The van der Waals surface area contributed by atoms with E-state index in [9.17, 15) is 0 Å². The predicted octanol–water partition coefficient (Wildman–Crippen LogP) is 11.6. The van der Waals surface area contributed by atoms with Crippen LogP contribution in [-0.4, -0.2) is 11.7 Å². The molecule has 0 bridgehead atoms. The third kappa shape index (κ3) is 5.71. The van der Waals surface area contributed by atoms with E-state index in [0.717, 1.165) is 41.2 Å². The Morgan fingerprint density at radius 3 is 1.88 bits per heavy atom. The largest absolute Gasteiger partial charge is 0.344 e. The molecule has 1 atom stereocenters. The quantitative estimate of drug-likeness (QED) is 0.192. The highest BCUT2D eigenvalue weighted by atomic mass is 32.1. The summed E-state index contributed by atoms with van der Waals surface area (Å²) in [6, 6.07) is 54.0. The second-order valence-electron chi connectivity index (χ2n) is 12.6. The summed E-state index contributed by atoms with van der Waals surface area (Å²) < 4.78 is 2.55. The van der Waals surface area contributed by atoms with Crippen LogP contribution in [0.4, 0.5) is 0 Å². The molecule has 7 aromatic rings. The highest BCUT2D eigenvalue weighted by Crippen LogP contribution is 2.41. The molecule has 0 radical (unpaired) electrons. The van der Waals surface area contributed by atoms with Crippen LogP contribution in [0.5, 0.6) is 0 Å². The molecule has 2 aliphatic rings. The number of hydrogen-bond donors (Lipinski definition) is 1. The highest BCUT2D eigenvalue weighted by Gasteiger charge is 2.24. The van der Waals surface area contributed by atoms with Crippen LogP contribution in [0.2, 0.25) is 0 Å². The van der Waals surface area contributed by atoms with Gasteiger partial charge in [-0.1, -0.05) is 146 Å². The summed E-state index contributed by atoms with van der Waals surface area (Å²) in [6.07, 6.45) is 6.06. The number of rotatable bonds is 6. The summed E-state index contributed by atoms with van der Waals surface area (Å²) in [5.41, 5.74) is 10.8. The van der Waals surface area contributed by atoms with Crippen molar-refractivity contribution < 1.29 is 0 Å². The molecular formula is C45H33N3S. The Bertz CT molecular complexity index is 2430. The van der Waals surface area contributed by atoms with Gasteiger partial charge in [-0.25, -0.2) is 9.98 Å². The molecule has 1 aromatic heterocycles. The van der Waals surface area contributed by atoms with Crippen molar-refractivity contribution in [1.82, 2.24) is 5.32 Å². The Hall–Kier alpha value is -5.84. The zero-order valence-electron chi connectivity index (χ0n) is 26.9. The second-order valence-corrected chi connectivity index (χ2v) is 13.6. The summed E-state index contributed by atoms with van der Waals surface area (Å²) in [4.78, 5) is 10.4. The summed E-state index contributed by atoms with van der Waals surface area (Å²) in [5, 5.41) is 6.30. The lowest BCUT2D eigenvalue weighted by Crippen LogP contribution is -2.33. The fraction of sp³-hybridized carbons (Fsp3) is 0.0667. The first-order valence-corrected chi connectivity index (χ1v) is 17.6. The number of allylic oxidation sites excluding steroid dienone is 3. The fourth-order valence-corrected chi connectivity index (χ4v) is 8.13. The van der Waals surface area contributed by atoms with Crippen molar-refractivity contribution in [3.05, 3.63) is 186 Å².